The molecular formula is C12H4BrF4. The Morgan fingerprint density at radius 1 is 1.00 bits per heavy atom. The molecule has 87 valence electrons. The second-order valence-electron chi connectivity index (χ2n) is 3.26. The van der Waals surface area contributed by atoms with Crippen molar-refractivity contribution in [3.63, 3.8) is 0 Å². The third kappa shape index (κ3) is 2.20. The van der Waals surface area contributed by atoms with Gasteiger partial charge in [0.2, 0.25) is 0 Å². The Morgan fingerprint density at radius 2 is 1.59 bits per heavy atom. The van der Waals surface area contributed by atoms with Crippen LogP contribution < -0.4 is 0 Å². The van der Waals surface area contributed by atoms with E-state index in [0.717, 1.165) is 24.3 Å². The van der Waals surface area contributed by atoms with Crippen LogP contribution in [0.3, 0.4) is 0 Å². The van der Waals surface area contributed by atoms with Gasteiger partial charge in [0.15, 0.2) is 11.6 Å². The van der Waals surface area contributed by atoms with Gasteiger partial charge in [0.1, 0.15) is 11.6 Å². The minimum Gasteiger partial charge on any atom is -0.206 e. The van der Waals surface area contributed by atoms with Crippen LogP contribution >= 0.6 is 15.9 Å². The van der Waals surface area contributed by atoms with Gasteiger partial charge in [-0.05, 0) is 12.1 Å². The van der Waals surface area contributed by atoms with Gasteiger partial charge in [-0.3, -0.25) is 0 Å². The van der Waals surface area contributed by atoms with Gasteiger partial charge in [0.05, 0.1) is 5.56 Å². The van der Waals surface area contributed by atoms with Crippen LogP contribution in [0.5, 0.6) is 0 Å². The SMILES string of the molecule is Fc1[c]ccc(-c2c(F)cc(Br)cc2F)c1F. The molecule has 0 unspecified atom stereocenters. The lowest BCUT2D eigenvalue weighted by atomic mass is 10.0. The molecule has 0 spiro atoms. The van der Waals surface area contributed by atoms with Crippen molar-refractivity contribution in [1.82, 2.24) is 0 Å². The van der Waals surface area contributed by atoms with Gasteiger partial charge in [0.25, 0.3) is 0 Å². The number of hydrogen-bond donors (Lipinski definition) is 0. The smallest absolute Gasteiger partial charge is 0.167 e. The van der Waals surface area contributed by atoms with Crippen molar-refractivity contribution >= 4 is 15.9 Å². The van der Waals surface area contributed by atoms with Crippen LogP contribution in [0, 0.1) is 29.3 Å². The van der Waals surface area contributed by atoms with Crippen LogP contribution in [-0.2, 0) is 0 Å². The lowest BCUT2D eigenvalue weighted by molar-refractivity contribution is 0.507. The fourth-order valence-corrected chi connectivity index (χ4v) is 1.85. The zero-order valence-corrected chi connectivity index (χ0v) is 9.79. The van der Waals surface area contributed by atoms with Crippen molar-refractivity contribution < 1.29 is 17.6 Å². The van der Waals surface area contributed by atoms with Crippen LogP contribution in [0.15, 0.2) is 28.7 Å². The van der Waals surface area contributed by atoms with E-state index in [2.05, 4.69) is 15.9 Å². The Balaban J connectivity index is 2.73. The minimum atomic E-state index is -1.33. The Morgan fingerprint density at radius 3 is 2.18 bits per heavy atom. The number of benzene rings is 2. The molecule has 0 atom stereocenters. The highest BCUT2D eigenvalue weighted by atomic mass is 79.9. The highest BCUT2D eigenvalue weighted by Crippen LogP contribution is 2.31. The molecule has 2 rings (SSSR count). The summed E-state index contributed by atoms with van der Waals surface area (Å²) in [7, 11) is 0. The summed E-state index contributed by atoms with van der Waals surface area (Å²) in [5.74, 6) is -4.54. The zero-order valence-electron chi connectivity index (χ0n) is 8.20. The summed E-state index contributed by atoms with van der Waals surface area (Å²) in [6.07, 6.45) is 0. The lowest BCUT2D eigenvalue weighted by Gasteiger charge is -2.07. The van der Waals surface area contributed by atoms with Crippen molar-refractivity contribution in [2.45, 2.75) is 0 Å². The van der Waals surface area contributed by atoms with Crippen LogP contribution in [0.1, 0.15) is 0 Å². The van der Waals surface area contributed by atoms with E-state index in [4.69, 9.17) is 0 Å². The molecule has 0 aliphatic rings. The average molecular weight is 304 g/mol. The topological polar surface area (TPSA) is 0 Å². The maximum atomic E-state index is 13.5. The minimum absolute atomic E-state index is 0.180. The van der Waals surface area contributed by atoms with Gasteiger partial charge in [-0.25, -0.2) is 17.6 Å². The van der Waals surface area contributed by atoms with Gasteiger partial charge >= 0.3 is 0 Å². The molecule has 0 N–H and O–H groups in total. The molecule has 17 heavy (non-hydrogen) atoms. The molecular weight excluding hydrogens is 300 g/mol. The number of hydrogen-bond acceptors (Lipinski definition) is 0. The maximum Gasteiger partial charge on any atom is 0.167 e. The summed E-state index contributed by atoms with van der Waals surface area (Å²) in [6.45, 7) is 0. The second-order valence-corrected chi connectivity index (χ2v) is 4.18. The molecule has 0 nitrogen and oxygen atoms in total. The molecule has 0 saturated carbocycles. The Hall–Kier alpha value is -1.36. The average Bonchev–Trinajstić information content (AvgIpc) is 2.23. The quantitative estimate of drug-likeness (QED) is 0.682. The van der Waals surface area contributed by atoms with Gasteiger partial charge < -0.3 is 0 Å². The second kappa shape index (κ2) is 4.49. The van der Waals surface area contributed by atoms with Crippen LogP contribution in [-0.4, -0.2) is 0 Å². The summed E-state index contributed by atoms with van der Waals surface area (Å²) < 4.78 is 53.6. The molecule has 0 saturated heterocycles. The van der Waals surface area contributed by atoms with Crippen molar-refractivity contribution in [3.8, 4) is 11.1 Å². The Labute approximate surface area is 103 Å². The molecule has 0 aromatic heterocycles. The first kappa shape index (κ1) is 12.1. The van der Waals surface area contributed by atoms with Crippen LogP contribution in [0.2, 0.25) is 0 Å². The molecule has 0 heterocycles. The summed E-state index contributed by atoms with van der Waals surface area (Å²) in [4.78, 5) is 0. The van der Waals surface area contributed by atoms with E-state index >= 15 is 0 Å². The van der Waals surface area contributed by atoms with E-state index in [-0.39, 0.29) is 4.47 Å². The Bertz CT molecular complexity index is 558. The molecule has 5 heteroatoms. The Kier molecular flexibility index (Phi) is 3.19. The number of halogens is 5. The molecule has 2 aromatic carbocycles. The summed E-state index contributed by atoms with van der Waals surface area (Å²) in [5.41, 5.74) is -1.07. The highest BCUT2D eigenvalue weighted by Gasteiger charge is 2.18. The van der Waals surface area contributed by atoms with E-state index in [1.165, 1.54) is 0 Å². The van der Waals surface area contributed by atoms with E-state index in [0.29, 0.717) is 0 Å². The van der Waals surface area contributed by atoms with Crippen LogP contribution in [0.25, 0.3) is 11.1 Å². The molecule has 0 amide bonds. The molecule has 0 bridgehead atoms. The fraction of sp³-hybridized carbons (Fsp3) is 0. The first-order valence-corrected chi connectivity index (χ1v) is 5.30. The zero-order chi connectivity index (χ0) is 12.6. The predicted molar refractivity (Wildman–Crippen MR) is 58.2 cm³/mol. The van der Waals surface area contributed by atoms with E-state index in [9.17, 15) is 17.6 Å². The van der Waals surface area contributed by atoms with Gasteiger partial charge in [-0.1, -0.05) is 28.1 Å². The van der Waals surface area contributed by atoms with E-state index in [1.807, 2.05) is 6.07 Å². The first-order chi connectivity index (χ1) is 8.00. The summed E-state index contributed by atoms with van der Waals surface area (Å²) in [6, 6.07) is 6.05. The van der Waals surface area contributed by atoms with Gasteiger partial charge in [0, 0.05) is 16.1 Å². The molecule has 0 fully saturated rings. The predicted octanol–water partition coefficient (Wildman–Crippen LogP) is 4.47. The third-order valence-corrected chi connectivity index (χ3v) is 2.62. The van der Waals surface area contributed by atoms with E-state index in [1.54, 1.807) is 0 Å². The normalized spacial score (nSPS) is 10.6. The van der Waals surface area contributed by atoms with Crippen molar-refractivity contribution in [2.75, 3.05) is 0 Å². The van der Waals surface area contributed by atoms with Crippen molar-refractivity contribution in [3.05, 3.63) is 58.1 Å². The van der Waals surface area contributed by atoms with Crippen molar-refractivity contribution in [1.29, 1.82) is 0 Å². The number of rotatable bonds is 1. The highest BCUT2D eigenvalue weighted by molar-refractivity contribution is 9.10. The molecule has 1 radical (unpaired) electrons. The van der Waals surface area contributed by atoms with Gasteiger partial charge in [-0.2, -0.15) is 0 Å². The molecule has 2 aromatic rings. The monoisotopic (exact) mass is 303 g/mol. The largest absolute Gasteiger partial charge is 0.206 e. The lowest BCUT2D eigenvalue weighted by Crippen LogP contribution is -1.95. The van der Waals surface area contributed by atoms with Crippen LogP contribution in [0.4, 0.5) is 17.6 Å². The molecule has 0 aliphatic heterocycles. The van der Waals surface area contributed by atoms with Gasteiger partial charge in [-0.15, -0.1) is 0 Å². The maximum absolute atomic E-state index is 13.5. The summed E-state index contributed by atoms with van der Waals surface area (Å²) >= 11 is 2.90. The standard InChI is InChI=1S/C12H4BrF4/c13-6-4-9(15)11(10(16)5-6)7-2-1-3-8(14)12(7)17/h1-2,4-5H. The van der Waals surface area contributed by atoms with Crippen molar-refractivity contribution in [2.24, 2.45) is 0 Å². The third-order valence-electron chi connectivity index (χ3n) is 2.17. The van der Waals surface area contributed by atoms with E-state index < -0.39 is 34.4 Å². The fourth-order valence-electron chi connectivity index (χ4n) is 1.45. The first-order valence-electron chi connectivity index (χ1n) is 4.51. The summed E-state index contributed by atoms with van der Waals surface area (Å²) in [5, 5.41) is 0. The molecule has 0 aliphatic carbocycles.